The second-order valence-electron chi connectivity index (χ2n) is 5.03. The highest BCUT2D eigenvalue weighted by Gasteiger charge is 2.15. The molecular formula is C17H18N4. The van der Waals surface area contributed by atoms with Crippen molar-refractivity contribution in [2.75, 3.05) is 6.54 Å². The van der Waals surface area contributed by atoms with E-state index in [2.05, 4.69) is 39.3 Å². The molecule has 1 atom stereocenters. The fourth-order valence-corrected chi connectivity index (χ4v) is 2.39. The predicted molar refractivity (Wildman–Crippen MR) is 84.0 cm³/mol. The molecule has 0 fully saturated rings. The molecule has 0 bridgehead atoms. The zero-order chi connectivity index (χ0) is 14.7. The number of aromatic nitrogens is 3. The quantitative estimate of drug-likeness (QED) is 0.797. The topological polar surface area (TPSA) is 50.7 Å². The monoisotopic (exact) mass is 278 g/mol. The first-order valence-corrected chi connectivity index (χ1v) is 7.14. The highest BCUT2D eigenvalue weighted by molar-refractivity contribution is 5.78. The number of para-hydroxylation sites is 1. The molecule has 21 heavy (non-hydrogen) atoms. The van der Waals surface area contributed by atoms with Gasteiger partial charge in [0, 0.05) is 17.8 Å². The standard InChI is InChI=1S/C17H18N4/c1-3-18-17(16-11-19-12(2)9-20-16)14-8-13-6-4-5-7-15(13)21-10-14/h4-11,17-18H,3H2,1-2H3. The third-order valence-electron chi connectivity index (χ3n) is 3.45. The molecule has 4 nitrogen and oxygen atoms in total. The summed E-state index contributed by atoms with van der Waals surface area (Å²) in [4.78, 5) is 13.4. The summed E-state index contributed by atoms with van der Waals surface area (Å²) in [6.07, 6.45) is 5.54. The van der Waals surface area contributed by atoms with Gasteiger partial charge in [-0.2, -0.15) is 0 Å². The highest BCUT2D eigenvalue weighted by atomic mass is 14.9. The van der Waals surface area contributed by atoms with Crippen LogP contribution in [0.3, 0.4) is 0 Å². The molecule has 106 valence electrons. The molecule has 0 saturated heterocycles. The first kappa shape index (κ1) is 13.6. The molecule has 2 heterocycles. The van der Waals surface area contributed by atoms with E-state index in [1.54, 1.807) is 6.20 Å². The maximum absolute atomic E-state index is 4.54. The number of benzene rings is 1. The van der Waals surface area contributed by atoms with Crippen molar-refractivity contribution in [2.24, 2.45) is 0 Å². The van der Waals surface area contributed by atoms with Crippen molar-refractivity contribution in [1.82, 2.24) is 20.3 Å². The van der Waals surface area contributed by atoms with Crippen LogP contribution in [0.25, 0.3) is 10.9 Å². The van der Waals surface area contributed by atoms with Gasteiger partial charge in [0.15, 0.2) is 0 Å². The van der Waals surface area contributed by atoms with E-state index in [0.717, 1.165) is 34.4 Å². The van der Waals surface area contributed by atoms with E-state index in [-0.39, 0.29) is 6.04 Å². The van der Waals surface area contributed by atoms with E-state index in [1.807, 2.05) is 37.5 Å². The normalized spacial score (nSPS) is 12.5. The van der Waals surface area contributed by atoms with Gasteiger partial charge in [0.05, 0.1) is 29.1 Å². The van der Waals surface area contributed by atoms with Crippen molar-refractivity contribution < 1.29 is 0 Å². The summed E-state index contributed by atoms with van der Waals surface area (Å²) in [7, 11) is 0. The number of nitrogens with one attached hydrogen (secondary N) is 1. The molecule has 0 aliphatic rings. The van der Waals surface area contributed by atoms with Gasteiger partial charge in [-0.3, -0.25) is 15.0 Å². The number of nitrogens with zero attached hydrogens (tertiary/aromatic N) is 3. The van der Waals surface area contributed by atoms with Crippen LogP contribution in [0.1, 0.15) is 29.9 Å². The Kier molecular flexibility index (Phi) is 3.88. The molecule has 0 aliphatic carbocycles. The van der Waals surface area contributed by atoms with Crippen molar-refractivity contribution in [2.45, 2.75) is 19.9 Å². The zero-order valence-corrected chi connectivity index (χ0v) is 12.2. The third kappa shape index (κ3) is 2.90. The second kappa shape index (κ2) is 5.97. The predicted octanol–water partition coefficient (Wildman–Crippen LogP) is 3.03. The Bertz CT molecular complexity index is 737. The van der Waals surface area contributed by atoms with E-state index in [9.17, 15) is 0 Å². The molecule has 1 aromatic carbocycles. The molecule has 0 aliphatic heterocycles. The summed E-state index contributed by atoms with van der Waals surface area (Å²) in [6.45, 7) is 4.88. The van der Waals surface area contributed by atoms with Crippen LogP contribution >= 0.6 is 0 Å². The van der Waals surface area contributed by atoms with Gasteiger partial charge in [0.25, 0.3) is 0 Å². The van der Waals surface area contributed by atoms with Crippen LogP contribution in [0.4, 0.5) is 0 Å². The van der Waals surface area contributed by atoms with Crippen LogP contribution in [0.5, 0.6) is 0 Å². The Labute approximate surface area is 124 Å². The molecule has 0 spiro atoms. The molecular weight excluding hydrogens is 260 g/mol. The Morgan fingerprint density at radius 3 is 2.67 bits per heavy atom. The Morgan fingerprint density at radius 2 is 1.90 bits per heavy atom. The van der Waals surface area contributed by atoms with Gasteiger partial charge in [0.1, 0.15) is 0 Å². The average Bonchev–Trinajstić information content (AvgIpc) is 2.53. The summed E-state index contributed by atoms with van der Waals surface area (Å²) >= 11 is 0. The molecule has 0 saturated carbocycles. The minimum absolute atomic E-state index is 0.0141. The molecule has 3 aromatic rings. The van der Waals surface area contributed by atoms with Crippen LogP contribution in [-0.4, -0.2) is 21.5 Å². The first-order chi connectivity index (χ1) is 10.3. The minimum Gasteiger partial charge on any atom is -0.305 e. The molecule has 1 N–H and O–H groups in total. The third-order valence-corrected chi connectivity index (χ3v) is 3.45. The Hall–Kier alpha value is -2.33. The SMILES string of the molecule is CCNC(c1cnc2ccccc2c1)c1cnc(C)cn1. The average molecular weight is 278 g/mol. The van der Waals surface area contributed by atoms with Gasteiger partial charge in [-0.05, 0) is 31.2 Å². The van der Waals surface area contributed by atoms with Gasteiger partial charge in [-0.15, -0.1) is 0 Å². The van der Waals surface area contributed by atoms with Crippen LogP contribution in [-0.2, 0) is 0 Å². The molecule has 2 aromatic heterocycles. The summed E-state index contributed by atoms with van der Waals surface area (Å²) in [5.74, 6) is 0. The Morgan fingerprint density at radius 1 is 1.05 bits per heavy atom. The van der Waals surface area contributed by atoms with E-state index < -0.39 is 0 Å². The summed E-state index contributed by atoms with van der Waals surface area (Å²) in [5, 5.41) is 4.59. The van der Waals surface area contributed by atoms with Crippen LogP contribution in [0, 0.1) is 6.92 Å². The van der Waals surface area contributed by atoms with E-state index in [4.69, 9.17) is 0 Å². The van der Waals surface area contributed by atoms with Crippen molar-refractivity contribution in [3.05, 3.63) is 65.9 Å². The second-order valence-corrected chi connectivity index (χ2v) is 5.03. The lowest BCUT2D eigenvalue weighted by atomic mass is 10.0. The molecule has 0 radical (unpaired) electrons. The fourth-order valence-electron chi connectivity index (χ4n) is 2.39. The lowest BCUT2D eigenvalue weighted by molar-refractivity contribution is 0.611. The fraction of sp³-hybridized carbons (Fsp3) is 0.235. The zero-order valence-electron chi connectivity index (χ0n) is 12.2. The van der Waals surface area contributed by atoms with E-state index >= 15 is 0 Å². The van der Waals surface area contributed by atoms with Gasteiger partial charge in [-0.25, -0.2) is 0 Å². The highest BCUT2D eigenvalue weighted by Crippen LogP contribution is 2.22. The largest absolute Gasteiger partial charge is 0.305 e. The minimum atomic E-state index is 0.0141. The number of fused-ring (bicyclic) bond motifs is 1. The van der Waals surface area contributed by atoms with E-state index in [1.165, 1.54) is 0 Å². The maximum atomic E-state index is 4.54. The number of pyridine rings is 1. The molecule has 0 amide bonds. The van der Waals surface area contributed by atoms with Crippen molar-refractivity contribution in [3.63, 3.8) is 0 Å². The van der Waals surface area contributed by atoms with Crippen molar-refractivity contribution >= 4 is 10.9 Å². The van der Waals surface area contributed by atoms with Crippen molar-refractivity contribution in [3.8, 4) is 0 Å². The first-order valence-electron chi connectivity index (χ1n) is 7.14. The smallest absolute Gasteiger partial charge is 0.0802 e. The number of aryl methyl sites for hydroxylation is 1. The summed E-state index contributed by atoms with van der Waals surface area (Å²) < 4.78 is 0. The van der Waals surface area contributed by atoms with Gasteiger partial charge < -0.3 is 5.32 Å². The van der Waals surface area contributed by atoms with E-state index in [0.29, 0.717) is 0 Å². The maximum Gasteiger partial charge on any atom is 0.0802 e. The number of rotatable bonds is 4. The lowest BCUT2D eigenvalue weighted by Gasteiger charge is -2.17. The molecule has 4 heteroatoms. The lowest BCUT2D eigenvalue weighted by Crippen LogP contribution is -2.23. The van der Waals surface area contributed by atoms with Crippen LogP contribution < -0.4 is 5.32 Å². The number of hydrogen-bond donors (Lipinski definition) is 1. The summed E-state index contributed by atoms with van der Waals surface area (Å²) in [5.41, 5.74) is 3.95. The van der Waals surface area contributed by atoms with Crippen LogP contribution in [0.15, 0.2) is 48.9 Å². The van der Waals surface area contributed by atoms with Crippen LogP contribution in [0.2, 0.25) is 0 Å². The summed E-state index contributed by atoms with van der Waals surface area (Å²) in [6, 6.07) is 10.3. The number of hydrogen-bond acceptors (Lipinski definition) is 4. The Balaban J connectivity index is 2.04. The van der Waals surface area contributed by atoms with Gasteiger partial charge in [0.2, 0.25) is 0 Å². The molecule has 3 rings (SSSR count). The van der Waals surface area contributed by atoms with Crippen molar-refractivity contribution in [1.29, 1.82) is 0 Å². The van der Waals surface area contributed by atoms with Gasteiger partial charge in [-0.1, -0.05) is 25.1 Å². The molecule has 1 unspecified atom stereocenters. The van der Waals surface area contributed by atoms with Gasteiger partial charge >= 0.3 is 0 Å².